The van der Waals surface area contributed by atoms with Crippen molar-refractivity contribution in [3.8, 4) is 11.5 Å². The zero-order valence-corrected chi connectivity index (χ0v) is 10.0. The van der Waals surface area contributed by atoms with Crippen molar-refractivity contribution < 1.29 is 19.0 Å². The molecule has 0 bridgehead atoms. The molecule has 0 aliphatic carbocycles. The van der Waals surface area contributed by atoms with Crippen LogP contribution in [0.1, 0.15) is 11.1 Å². The monoisotopic (exact) mass is 265 g/mol. The van der Waals surface area contributed by atoms with Gasteiger partial charge in [0.15, 0.2) is 11.5 Å². The van der Waals surface area contributed by atoms with Crippen LogP contribution in [0.5, 0.6) is 11.5 Å². The van der Waals surface area contributed by atoms with Crippen LogP contribution >= 0.6 is 0 Å². The van der Waals surface area contributed by atoms with Gasteiger partial charge in [0.1, 0.15) is 11.6 Å². The van der Waals surface area contributed by atoms with Crippen LogP contribution in [0.15, 0.2) is 36.4 Å². The van der Waals surface area contributed by atoms with Crippen molar-refractivity contribution in [2.75, 3.05) is 0 Å². The molecule has 5 heteroatoms. The molecule has 0 saturated heterocycles. The second-order valence-corrected chi connectivity index (χ2v) is 4.12. The Labute approximate surface area is 109 Å². The first-order chi connectivity index (χ1) is 9.08. The van der Waals surface area contributed by atoms with E-state index in [0.717, 1.165) is 6.07 Å². The minimum atomic E-state index is -0.619. The van der Waals surface area contributed by atoms with Gasteiger partial charge in [-0.05, 0) is 12.1 Å². The lowest BCUT2D eigenvalue weighted by Gasteiger charge is -2.08. The number of hydrogen-bond acceptors (Lipinski definition) is 3. The highest BCUT2D eigenvalue weighted by atomic mass is 19.1. The van der Waals surface area contributed by atoms with Crippen LogP contribution in [-0.2, 0) is 13.1 Å². The normalized spacial score (nSPS) is 10.6. The zero-order chi connectivity index (χ0) is 13.8. The van der Waals surface area contributed by atoms with Crippen LogP contribution in [0.3, 0.4) is 0 Å². The number of phenolic OH excluding ortho intramolecular Hbond substituents is 2. The number of benzene rings is 2. The summed E-state index contributed by atoms with van der Waals surface area (Å²) in [4.78, 5) is 0. The summed E-state index contributed by atoms with van der Waals surface area (Å²) in [7, 11) is 0. The molecule has 0 fully saturated rings. The molecule has 0 radical (unpaired) electrons. The van der Waals surface area contributed by atoms with E-state index in [4.69, 9.17) is 0 Å². The van der Waals surface area contributed by atoms with E-state index >= 15 is 0 Å². The summed E-state index contributed by atoms with van der Waals surface area (Å²) in [5.74, 6) is -1.64. The molecule has 19 heavy (non-hydrogen) atoms. The summed E-state index contributed by atoms with van der Waals surface area (Å²) >= 11 is 0. The van der Waals surface area contributed by atoms with Gasteiger partial charge in [-0.1, -0.05) is 18.2 Å². The van der Waals surface area contributed by atoms with E-state index in [9.17, 15) is 19.0 Å². The maximum atomic E-state index is 13.4. The largest absolute Gasteiger partial charge is 0.504 e. The van der Waals surface area contributed by atoms with Crippen molar-refractivity contribution in [1.29, 1.82) is 0 Å². The van der Waals surface area contributed by atoms with Gasteiger partial charge >= 0.3 is 0 Å². The molecule has 0 aliphatic rings. The van der Waals surface area contributed by atoms with Crippen LogP contribution < -0.4 is 5.32 Å². The van der Waals surface area contributed by atoms with E-state index < -0.39 is 11.6 Å². The fraction of sp³-hybridized carbons (Fsp3) is 0.143. The Kier molecular flexibility index (Phi) is 3.97. The molecule has 3 N–H and O–H groups in total. The van der Waals surface area contributed by atoms with Crippen molar-refractivity contribution in [2.24, 2.45) is 0 Å². The lowest BCUT2D eigenvalue weighted by molar-refractivity contribution is 0.397. The smallest absolute Gasteiger partial charge is 0.161 e. The number of nitrogens with one attached hydrogen (secondary N) is 1. The highest BCUT2D eigenvalue weighted by Gasteiger charge is 2.06. The van der Waals surface area contributed by atoms with Gasteiger partial charge in [0, 0.05) is 30.3 Å². The molecule has 0 unspecified atom stereocenters. The SMILES string of the molecule is Oc1cccc(CNCc2ccc(F)cc2F)c1O. The molecule has 0 aromatic heterocycles. The number of hydrogen-bond donors (Lipinski definition) is 3. The van der Waals surface area contributed by atoms with Gasteiger partial charge in [-0.3, -0.25) is 0 Å². The number of rotatable bonds is 4. The molecule has 2 rings (SSSR count). The Morgan fingerprint density at radius 2 is 1.68 bits per heavy atom. The summed E-state index contributed by atoms with van der Waals surface area (Å²) in [6, 6.07) is 7.99. The summed E-state index contributed by atoms with van der Waals surface area (Å²) in [6.07, 6.45) is 0. The van der Waals surface area contributed by atoms with Crippen LogP contribution in [0, 0.1) is 11.6 Å². The Morgan fingerprint density at radius 3 is 2.42 bits per heavy atom. The molecule has 2 aromatic carbocycles. The van der Waals surface area contributed by atoms with Crippen LogP contribution in [0.4, 0.5) is 8.78 Å². The van der Waals surface area contributed by atoms with Crippen molar-refractivity contribution in [3.63, 3.8) is 0 Å². The molecule has 0 amide bonds. The van der Waals surface area contributed by atoms with Crippen molar-refractivity contribution in [2.45, 2.75) is 13.1 Å². The van der Waals surface area contributed by atoms with Crippen molar-refractivity contribution in [1.82, 2.24) is 5.32 Å². The zero-order valence-electron chi connectivity index (χ0n) is 10.0. The minimum absolute atomic E-state index is 0.196. The average molecular weight is 265 g/mol. The number of halogens is 2. The fourth-order valence-corrected chi connectivity index (χ4v) is 1.72. The van der Waals surface area contributed by atoms with Gasteiger partial charge < -0.3 is 15.5 Å². The Morgan fingerprint density at radius 1 is 0.947 bits per heavy atom. The van der Waals surface area contributed by atoms with Gasteiger partial charge in [-0.2, -0.15) is 0 Å². The molecule has 0 aliphatic heterocycles. The standard InChI is InChI=1S/C14H13F2NO2/c15-11-5-4-9(12(16)6-11)7-17-8-10-2-1-3-13(18)14(10)19/h1-6,17-19H,7-8H2. The Balaban J connectivity index is 1.98. The van der Waals surface area contributed by atoms with E-state index in [1.54, 1.807) is 12.1 Å². The number of aromatic hydroxyl groups is 2. The van der Waals surface area contributed by atoms with Gasteiger partial charge in [0.25, 0.3) is 0 Å². The first-order valence-electron chi connectivity index (χ1n) is 5.72. The summed E-state index contributed by atoms with van der Waals surface area (Å²) in [5, 5.41) is 21.8. The molecular weight excluding hydrogens is 252 g/mol. The minimum Gasteiger partial charge on any atom is -0.504 e. The Hall–Kier alpha value is -2.14. The van der Waals surface area contributed by atoms with Crippen LogP contribution in [-0.4, -0.2) is 10.2 Å². The highest BCUT2D eigenvalue weighted by Crippen LogP contribution is 2.27. The second kappa shape index (κ2) is 5.67. The molecule has 3 nitrogen and oxygen atoms in total. The van der Waals surface area contributed by atoms with E-state index in [2.05, 4.69) is 5.32 Å². The second-order valence-electron chi connectivity index (χ2n) is 4.12. The molecule has 0 spiro atoms. The van der Waals surface area contributed by atoms with Gasteiger partial charge in [0.2, 0.25) is 0 Å². The Bertz CT molecular complexity index is 588. The summed E-state index contributed by atoms with van der Waals surface area (Å²) in [6.45, 7) is 0.457. The molecule has 0 heterocycles. The third-order valence-corrected chi connectivity index (χ3v) is 2.74. The maximum absolute atomic E-state index is 13.4. The third kappa shape index (κ3) is 3.20. The fourth-order valence-electron chi connectivity index (χ4n) is 1.72. The van der Waals surface area contributed by atoms with E-state index in [-0.39, 0.29) is 24.6 Å². The lowest BCUT2D eigenvalue weighted by atomic mass is 10.1. The van der Waals surface area contributed by atoms with Gasteiger partial charge in [0.05, 0.1) is 0 Å². The van der Waals surface area contributed by atoms with Gasteiger partial charge in [-0.25, -0.2) is 8.78 Å². The number of phenols is 2. The molecule has 0 saturated carbocycles. The number of para-hydroxylation sites is 1. The highest BCUT2D eigenvalue weighted by molar-refractivity contribution is 5.44. The molecule has 2 aromatic rings. The van der Waals surface area contributed by atoms with Crippen LogP contribution in [0.2, 0.25) is 0 Å². The lowest BCUT2D eigenvalue weighted by Crippen LogP contribution is -2.14. The van der Waals surface area contributed by atoms with E-state index in [0.29, 0.717) is 11.1 Å². The summed E-state index contributed by atoms with van der Waals surface area (Å²) < 4.78 is 26.1. The van der Waals surface area contributed by atoms with Crippen molar-refractivity contribution in [3.05, 3.63) is 59.2 Å². The average Bonchev–Trinajstić information content (AvgIpc) is 2.37. The van der Waals surface area contributed by atoms with Crippen LogP contribution in [0.25, 0.3) is 0 Å². The van der Waals surface area contributed by atoms with Crippen molar-refractivity contribution >= 4 is 0 Å². The molecule has 100 valence electrons. The predicted molar refractivity (Wildman–Crippen MR) is 66.7 cm³/mol. The predicted octanol–water partition coefficient (Wildman–Crippen LogP) is 2.67. The first kappa shape index (κ1) is 13.3. The van der Waals surface area contributed by atoms with E-state index in [1.165, 1.54) is 18.2 Å². The molecule has 0 atom stereocenters. The van der Waals surface area contributed by atoms with E-state index in [1.807, 2.05) is 0 Å². The van der Waals surface area contributed by atoms with Gasteiger partial charge in [-0.15, -0.1) is 0 Å². The maximum Gasteiger partial charge on any atom is 0.161 e. The first-order valence-corrected chi connectivity index (χ1v) is 5.72. The summed E-state index contributed by atoms with van der Waals surface area (Å²) in [5.41, 5.74) is 0.837. The quantitative estimate of drug-likeness (QED) is 0.745. The topological polar surface area (TPSA) is 52.5 Å². The molecular formula is C14H13F2NO2. The third-order valence-electron chi connectivity index (χ3n) is 2.74.